The molecule has 3 N–H and O–H groups in total. The highest BCUT2D eigenvalue weighted by molar-refractivity contribution is 5.95. The van der Waals surface area contributed by atoms with E-state index in [1.807, 2.05) is 6.92 Å². The maximum absolute atomic E-state index is 12.2. The summed E-state index contributed by atoms with van der Waals surface area (Å²) >= 11 is 0. The van der Waals surface area contributed by atoms with Crippen molar-refractivity contribution in [2.24, 2.45) is 5.41 Å². The number of hydrogen-bond donors (Lipinski definition) is 3. The SMILES string of the molecule is CC1(C(=O)Nc2ccc(O)cc2)CCCNC1.Cl. The van der Waals surface area contributed by atoms with Gasteiger partial charge in [-0.2, -0.15) is 0 Å². The predicted octanol–water partition coefficient (Wildman–Crippen LogP) is 2.14. The average molecular weight is 271 g/mol. The van der Waals surface area contributed by atoms with Crippen molar-refractivity contribution < 1.29 is 9.90 Å². The lowest BCUT2D eigenvalue weighted by molar-refractivity contribution is -0.125. The van der Waals surface area contributed by atoms with Crippen molar-refractivity contribution in [3.05, 3.63) is 24.3 Å². The first kappa shape index (κ1) is 14.8. The van der Waals surface area contributed by atoms with E-state index in [1.54, 1.807) is 24.3 Å². The zero-order valence-electron chi connectivity index (χ0n) is 10.4. The molecule has 1 atom stereocenters. The Kier molecular flexibility index (Phi) is 4.99. The molecule has 0 aromatic heterocycles. The summed E-state index contributed by atoms with van der Waals surface area (Å²) in [7, 11) is 0. The van der Waals surface area contributed by atoms with E-state index in [1.165, 1.54) is 0 Å². The van der Waals surface area contributed by atoms with Crippen LogP contribution < -0.4 is 10.6 Å². The normalized spacial score (nSPS) is 22.9. The number of amides is 1. The summed E-state index contributed by atoms with van der Waals surface area (Å²) in [5.41, 5.74) is 0.385. The van der Waals surface area contributed by atoms with E-state index in [0.717, 1.165) is 31.6 Å². The van der Waals surface area contributed by atoms with Crippen LogP contribution in [0.5, 0.6) is 5.75 Å². The Bertz CT molecular complexity index is 400. The van der Waals surface area contributed by atoms with Crippen molar-refractivity contribution in [3.63, 3.8) is 0 Å². The molecule has 4 nitrogen and oxygen atoms in total. The maximum Gasteiger partial charge on any atom is 0.231 e. The monoisotopic (exact) mass is 270 g/mol. The van der Waals surface area contributed by atoms with E-state index in [4.69, 9.17) is 5.11 Å². The minimum atomic E-state index is -0.337. The lowest BCUT2D eigenvalue weighted by Gasteiger charge is -2.32. The van der Waals surface area contributed by atoms with E-state index >= 15 is 0 Å². The summed E-state index contributed by atoms with van der Waals surface area (Å²) < 4.78 is 0. The number of halogens is 1. The van der Waals surface area contributed by atoms with Crippen LogP contribution in [0, 0.1) is 5.41 Å². The first-order valence-corrected chi connectivity index (χ1v) is 5.91. The summed E-state index contributed by atoms with van der Waals surface area (Å²) in [6, 6.07) is 6.54. The molecule has 0 saturated carbocycles. The highest BCUT2D eigenvalue weighted by atomic mass is 35.5. The molecule has 0 radical (unpaired) electrons. The lowest BCUT2D eigenvalue weighted by Crippen LogP contribution is -2.46. The van der Waals surface area contributed by atoms with Crippen molar-refractivity contribution in [3.8, 4) is 5.75 Å². The molecule has 1 aromatic rings. The fourth-order valence-corrected chi connectivity index (χ4v) is 2.08. The van der Waals surface area contributed by atoms with Crippen molar-refractivity contribution in [1.29, 1.82) is 0 Å². The molecule has 1 amide bonds. The molecule has 100 valence electrons. The molecule has 1 aliphatic rings. The van der Waals surface area contributed by atoms with E-state index in [0.29, 0.717) is 0 Å². The number of phenols is 1. The second-order valence-electron chi connectivity index (χ2n) is 4.84. The zero-order valence-corrected chi connectivity index (χ0v) is 11.2. The summed E-state index contributed by atoms with van der Waals surface area (Å²) in [6.07, 6.45) is 1.93. The van der Waals surface area contributed by atoms with Crippen molar-refractivity contribution in [2.45, 2.75) is 19.8 Å². The molecule has 1 unspecified atom stereocenters. The Morgan fingerprint density at radius 1 is 1.39 bits per heavy atom. The van der Waals surface area contributed by atoms with Crippen LogP contribution >= 0.6 is 12.4 Å². The first-order chi connectivity index (χ1) is 8.10. The molecule has 5 heteroatoms. The summed E-state index contributed by atoms with van der Waals surface area (Å²) in [5, 5.41) is 15.3. The Balaban J connectivity index is 0.00000162. The van der Waals surface area contributed by atoms with Gasteiger partial charge < -0.3 is 15.7 Å². The van der Waals surface area contributed by atoms with E-state index < -0.39 is 0 Å². The average Bonchev–Trinajstić information content (AvgIpc) is 2.33. The van der Waals surface area contributed by atoms with Crippen molar-refractivity contribution in [1.82, 2.24) is 5.32 Å². The zero-order chi connectivity index (χ0) is 12.3. The van der Waals surface area contributed by atoms with Crippen LogP contribution in [0.15, 0.2) is 24.3 Å². The van der Waals surface area contributed by atoms with Gasteiger partial charge in [-0.05, 0) is 50.6 Å². The quantitative estimate of drug-likeness (QED) is 0.722. The molecule has 2 rings (SSSR count). The van der Waals surface area contributed by atoms with Gasteiger partial charge in [-0.3, -0.25) is 4.79 Å². The Hall–Kier alpha value is -1.26. The number of benzene rings is 1. The second kappa shape index (κ2) is 6.07. The van der Waals surface area contributed by atoms with E-state index in [2.05, 4.69) is 10.6 Å². The van der Waals surface area contributed by atoms with Crippen LogP contribution in [0.3, 0.4) is 0 Å². The van der Waals surface area contributed by atoms with Crippen LogP contribution in [0.4, 0.5) is 5.69 Å². The number of nitrogens with one attached hydrogen (secondary N) is 2. The highest BCUT2D eigenvalue weighted by Gasteiger charge is 2.34. The number of rotatable bonds is 2. The third kappa shape index (κ3) is 3.37. The molecule has 1 fully saturated rings. The van der Waals surface area contributed by atoms with Gasteiger partial charge in [-0.25, -0.2) is 0 Å². The van der Waals surface area contributed by atoms with Gasteiger partial charge in [0.2, 0.25) is 5.91 Å². The standard InChI is InChI=1S/C13H18N2O2.ClH/c1-13(7-2-8-14-9-13)12(17)15-10-3-5-11(16)6-4-10;/h3-6,14,16H,2,7-9H2,1H3,(H,15,17);1H. The van der Waals surface area contributed by atoms with E-state index in [9.17, 15) is 4.79 Å². The highest BCUT2D eigenvalue weighted by Crippen LogP contribution is 2.27. The number of piperidine rings is 1. The minimum absolute atomic E-state index is 0. The van der Waals surface area contributed by atoms with Gasteiger partial charge in [-0.1, -0.05) is 0 Å². The summed E-state index contributed by atoms with van der Waals surface area (Å²) in [5.74, 6) is 0.240. The van der Waals surface area contributed by atoms with Crippen LogP contribution in [0.2, 0.25) is 0 Å². The largest absolute Gasteiger partial charge is 0.508 e. The molecular formula is C13H19ClN2O2. The number of hydrogen-bond acceptors (Lipinski definition) is 3. The molecule has 0 spiro atoms. The molecule has 1 saturated heterocycles. The van der Waals surface area contributed by atoms with Gasteiger partial charge in [0.1, 0.15) is 5.75 Å². The number of anilines is 1. The van der Waals surface area contributed by atoms with Gasteiger partial charge in [0, 0.05) is 12.2 Å². The number of aromatic hydroxyl groups is 1. The maximum atomic E-state index is 12.2. The van der Waals surface area contributed by atoms with Crippen LogP contribution in [0.1, 0.15) is 19.8 Å². The number of phenolic OH excluding ortho intramolecular Hbond substituents is 1. The number of carbonyl (C=O) groups excluding carboxylic acids is 1. The summed E-state index contributed by atoms with van der Waals surface area (Å²) in [6.45, 7) is 3.69. The van der Waals surface area contributed by atoms with Gasteiger partial charge in [0.05, 0.1) is 5.41 Å². The van der Waals surface area contributed by atoms with Crippen LogP contribution in [-0.2, 0) is 4.79 Å². The van der Waals surface area contributed by atoms with Crippen molar-refractivity contribution >= 4 is 24.0 Å². The second-order valence-corrected chi connectivity index (χ2v) is 4.84. The van der Waals surface area contributed by atoms with E-state index in [-0.39, 0.29) is 29.5 Å². The number of carbonyl (C=O) groups is 1. The Morgan fingerprint density at radius 3 is 2.61 bits per heavy atom. The van der Waals surface area contributed by atoms with Gasteiger partial charge in [0.15, 0.2) is 0 Å². The van der Waals surface area contributed by atoms with Crippen molar-refractivity contribution in [2.75, 3.05) is 18.4 Å². The minimum Gasteiger partial charge on any atom is -0.508 e. The fourth-order valence-electron chi connectivity index (χ4n) is 2.08. The first-order valence-electron chi connectivity index (χ1n) is 5.91. The molecule has 18 heavy (non-hydrogen) atoms. The van der Waals surface area contributed by atoms with Crippen LogP contribution in [0.25, 0.3) is 0 Å². The van der Waals surface area contributed by atoms with Crippen LogP contribution in [-0.4, -0.2) is 24.1 Å². The summed E-state index contributed by atoms with van der Waals surface area (Å²) in [4.78, 5) is 12.2. The van der Waals surface area contributed by atoms with Gasteiger partial charge >= 0.3 is 0 Å². The Labute approximate surface area is 113 Å². The lowest BCUT2D eigenvalue weighted by atomic mass is 9.82. The van der Waals surface area contributed by atoms with Gasteiger partial charge in [0.25, 0.3) is 0 Å². The molecule has 0 bridgehead atoms. The van der Waals surface area contributed by atoms with Gasteiger partial charge in [-0.15, -0.1) is 12.4 Å². The predicted molar refractivity (Wildman–Crippen MR) is 74.2 cm³/mol. The molecule has 0 aliphatic carbocycles. The smallest absolute Gasteiger partial charge is 0.231 e. The molecule has 1 heterocycles. The third-order valence-electron chi connectivity index (χ3n) is 3.27. The topological polar surface area (TPSA) is 61.4 Å². The third-order valence-corrected chi connectivity index (χ3v) is 3.27. The Morgan fingerprint density at radius 2 is 2.06 bits per heavy atom. The molecular weight excluding hydrogens is 252 g/mol. The molecule has 1 aromatic carbocycles. The molecule has 1 aliphatic heterocycles. The fraction of sp³-hybridized carbons (Fsp3) is 0.462.